The van der Waals surface area contributed by atoms with Gasteiger partial charge in [0.25, 0.3) is 5.91 Å². The zero-order valence-corrected chi connectivity index (χ0v) is 16.5. The van der Waals surface area contributed by atoms with Gasteiger partial charge in [-0.15, -0.1) is 0 Å². The molecule has 0 atom stereocenters. The predicted molar refractivity (Wildman–Crippen MR) is 112 cm³/mol. The summed E-state index contributed by atoms with van der Waals surface area (Å²) in [6, 6.07) is 18.4. The molecule has 1 heterocycles. The van der Waals surface area contributed by atoms with Crippen molar-refractivity contribution in [3.8, 4) is 11.5 Å². The minimum absolute atomic E-state index is 0.266. The lowest BCUT2D eigenvalue weighted by Crippen LogP contribution is -2.19. The van der Waals surface area contributed by atoms with Crippen molar-refractivity contribution in [3.05, 3.63) is 89.7 Å². The van der Waals surface area contributed by atoms with E-state index in [1.807, 2.05) is 62.4 Å². The smallest absolute Gasteiger partial charge is 0.271 e. The Bertz CT molecular complexity index is 953. The number of benzene rings is 2. The van der Waals surface area contributed by atoms with E-state index in [1.165, 1.54) is 0 Å². The molecule has 0 spiro atoms. The molecule has 1 amide bonds. The molecular weight excluding hydrogens is 366 g/mol. The quantitative estimate of drug-likeness (QED) is 0.463. The van der Waals surface area contributed by atoms with Crippen LogP contribution in [0.4, 0.5) is 0 Å². The number of ether oxygens (including phenoxy) is 2. The van der Waals surface area contributed by atoms with Crippen LogP contribution < -0.4 is 14.9 Å². The van der Waals surface area contributed by atoms with Crippen LogP contribution >= 0.6 is 0 Å². The highest BCUT2D eigenvalue weighted by atomic mass is 16.5. The van der Waals surface area contributed by atoms with E-state index in [0.29, 0.717) is 24.5 Å². The minimum atomic E-state index is -0.266. The van der Waals surface area contributed by atoms with Gasteiger partial charge in [0.2, 0.25) is 0 Å². The Labute approximate surface area is 170 Å². The average Bonchev–Trinajstić information content (AvgIpc) is 2.78. The molecule has 0 radical (unpaired) electrons. The monoisotopic (exact) mass is 389 g/mol. The summed E-state index contributed by atoms with van der Waals surface area (Å²) < 4.78 is 11.2. The summed E-state index contributed by atoms with van der Waals surface area (Å²) in [6.07, 6.45) is 3.37. The van der Waals surface area contributed by atoms with E-state index >= 15 is 0 Å². The standard InChI is InChI=1S/C23H23N3O3/c1-3-28-21-8-10-22(11-9-21)29-16-18-4-6-20(7-5-18)23(27)26-25-17(2)19-12-14-24-15-13-19/h4-15H,3,16H2,1-2H3,(H,26,27)/b25-17-. The number of aromatic nitrogens is 1. The van der Waals surface area contributed by atoms with E-state index in [0.717, 1.165) is 22.6 Å². The molecular formula is C23H23N3O3. The van der Waals surface area contributed by atoms with Gasteiger partial charge in [0.1, 0.15) is 18.1 Å². The number of nitrogens with zero attached hydrogens (tertiary/aromatic N) is 2. The number of amides is 1. The number of carbonyl (C=O) groups excluding carboxylic acids is 1. The van der Waals surface area contributed by atoms with Crippen molar-refractivity contribution in [2.45, 2.75) is 20.5 Å². The summed E-state index contributed by atoms with van der Waals surface area (Å²) in [5.41, 5.74) is 5.68. The molecule has 0 aliphatic rings. The second-order valence-corrected chi connectivity index (χ2v) is 6.26. The third-order valence-corrected chi connectivity index (χ3v) is 4.18. The van der Waals surface area contributed by atoms with Gasteiger partial charge in [0.15, 0.2) is 0 Å². The second kappa shape index (κ2) is 10.0. The molecule has 0 aliphatic carbocycles. The normalized spacial score (nSPS) is 11.0. The number of hydrazone groups is 1. The Kier molecular flexibility index (Phi) is 6.95. The number of carbonyl (C=O) groups is 1. The van der Waals surface area contributed by atoms with E-state index in [9.17, 15) is 4.79 Å². The summed E-state index contributed by atoms with van der Waals surface area (Å²) in [7, 11) is 0. The van der Waals surface area contributed by atoms with Gasteiger partial charge in [-0.05, 0) is 67.9 Å². The minimum Gasteiger partial charge on any atom is -0.494 e. The zero-order chi connectivity index (χ0) is 20.5. The van der Waals surface area contributed by atoms with Gasteiger partial charge in [-0.25, -0.2) is 5.43 Å². The van der Waals surface area contributed by atoms with Gasteiger partial charge in [0.05, 0.1) is 12.3 Å². The molecule has 2 aromatic carbocycles. The summed E-state index contributed by atoms with van der Waals surface area (Å²) in [5, 5.41) is 4.14. The van der Waals surface area contributed by atoms with Crippen molar-refractivity contribution >= 4 is 11.6 Å². The Balaban J connectivity index is 1.53. The van der Waals surface area contributed by atoms with Crippen molar-refractivity contribution < 1.29 is 14.3 Å². The fraction of sp³-hybridized carbons (Fsp3) is 0.174. The first-order valence-electron chi connectivity index (χ1n) is 9.35. The van der Waals surface area contributed by atoms with Gasteiger partial charge >= 0.3 is 0 Å². The fourth-order valence-corrected chi connectivity index (χ4v) is 2.57. The molecule has 0 saturated carbocycles. The Morgan fingerprint density at radius 1 is 0.897 bits per heavy atom. The van der Waals surface area contributed by atoms with Gasteiger partial charge in [-0.2, -0.15) is 5.10 Å². The van der Waals surface area contributed by atoms with Crippen LogP contribution in [0.1, 0.15) is 35.3 Å². The first-order chi connectivity index (χ1) is 14.2. The molecule has 0 saturated heterocycles. The molecule has 0 bridgehead atoms. The maximum absolute atomic E-state index is 12.3. The van der Waals surface area contributed by atoms with E-state index in [2.05, 4.69) is 15.5 Å². The summed E-state index contributed by atoms with van der Waals surface area (Å²) in [6.45, 7) is 4.82. The van der Waals surface area contributed by atoms with Crippen molar-refractivity contribution in [2.75, 3.05) is 6.61 Å². The Morgan fingerprint density at radius 3 is 2.14 bits per heavy atom. The van der Waals surface area contributed by atoms with Crippen molar-refractivity contribution in [2.24, 2.45) is 5.10 Å². The number of rotatable bonds is 8. The molecule has 1 N–H and O–H groups in total. The third-order valence-electron chi connectivity index (χ3n) is 4.18. The van der Waals surface area contributed by atoms with Crippen molar-refractivity contribution in [1.82, 2.24) is 10.4 Å². The fourth-order valence-electron chi connectivity index (χ4n) is 2.57. The van der Waals surface area contributed by atoms with Gasteiger partial charge in [0, 0.05) is 23.5 Å². The molecule has 29 heavy (non-hydrogen) atoms. The topological polar surface area (TPSA) is 72.8 Å². The molecule has 148 valence electrons. The molecule has 0 fully saturated rings. The molecule has 3 aromatic rings. The molecule has 3 rings (SSSR count). The van der Waals surface area contributed by atoms with Gasteiger partial charge in [-0.1, -0.05) is 12.1 Å². The number of hydrogen-bond donors (Lipinski definition) is 1. The first kappa shape index (κ1) is 20.1. The molecule has 6 heteroatoms. The number of nitrogens with one attached hydrogen (secondary N) is 1. The van der Waals surface area contributed by atoms with Crippen LogP contribution in [-0.2, 0) is 6.61 Å². The lowest BCUT2D eigenvalue weighted by Gasteiger charge is -2.08. The predicted octanol–water partition coefficient (Wildman–Crippen LogP) is 4.21. The van der Waals surface area contributed by atoms with Crippen LogP contribution in [0.5, 0.6) is 11.5 Å². The SMILES string of the molecule is CCOc1ccc(OCc2ccc(C(=O)N/N=C(/C)c3ccncc3)cc2)cc1. The van der Waals surface area contributed by atoms with Gasteiger partial charge in [-0.3, -0.25) is 9.78 Å². The van der Waals surface area contributed by atoms with Gasteiger partial charge < -0.3 is 9.47 Å². The van der Waals surface area contributed by atoms with Crippen LogP contribution in [0.2, 0.25) is 0 Å². The number of hydrogen-bond acceptors (Lipinski definition) is 5. The highest BCUT2D eigenvalue weighted by molar-refractivity contribution is 6.00. The van der Waals surface area contributed by atoms with E-state index in [4.69, 9.17) is 9.47 Å². The van der Waals surface area contributed by atoms with E-state index in [1.54, 1.807) is 24.5 Å². The summed E-state index contributed by atoms with van der Waals surface area (Å²) in [5.74, 6) is 1.31. The Hall–Kier alpha value is -3.67. The van der Waals surface area contributed by atoms with Crippen molar-refractivity contribution in [3.63, 3.8) is 0 Å². The second-order valence-electron chi connectivity index (χ2n) is 6.26. The lowest BCUT2D eigenvalue weighted by atomic mass is 10.1. The van der Waals surface area contributed by atoms with Crippen LogP contribution in [0.3, 0.4) is 0 Å². The molecule has 0 unspecified atom stereocenters. The number of pyridine rings is 1. The Morgan fingerprint density at radius 2 is 1.52 bits per heavy atom. The van der Waals surface area contributed by atoms with E-state index in [-0.39, 0.29) is 5.91 Å². The van der Waals surface area contributed by atoms with Crippen molar-refractivity contribution in [1.29, 1.82) is 0 Å². The van der Waals surface area contributed by atoms with Crippen LogP contribution in [0.15, 0.2) is 78.2 Å². The molecule has 0 aliphatic heterocycles. The maximum atomic E-state index is 12.3. The zero-order valence-electron chi connectivity index (χ0n) is 16.5. The third kappa shape index (κ3) is 5.90. The lowest BCUT2D eigenvalue weighted by molar-refractivity contribution is 0.0955. The van der Waals surface area contributed by atoms with Crippen LogP contribution in [0, 0.1) is 0 Å². The van der Waals surface area contributed by atoms with Crippen LogP contribution in [0.25, 0.3) is 0 Å². The van der Waals surface area contributed by atoms with Crippen LogP contribution in [-0.4, -0.2) is 23.2 Å². The summed E-state index contributed by atoms with van der Waals surface area (Å²) in [4.78, 5) is 16.2. The maximum Gasteiger partial charge on any atom is 0.271 e. The summed E-state index contributed by atoms with van der Waals surface area (Å²) >= 11 is 0. The average molecular weight is 389 g/mol. The highest BCUT2D eigenvalue weighted by Gasteiger charge is 2.06. The highest BCUT2D eigenvalue weighted by Crippen LogP contribution is 2.18. The molecule has 6 nitrogen and oxygen atoms in total. The first-order valence-corrected chi connectivity index (χ1v) is 9.35. The largest absolute Gasteiger partial charge is 0.494 e. The van der Waals surface area contributed by atoms with E-state index < -0.39 is 0 Å². The molecule has 1 aromatic heterocycles.